The number of imidazole rings is 1. The van der Waals surface area contributed by atoms with E-state index in [0.29, 0.717) is 11.6 Å². The molecule has 186 valence electrons. The quantitative estimate of drug-likeness (QED) is 0.550. The molecule has 1 aromatic carbocycles. The molecule has 35 heavy (non-hydrogen) atoms. The van der Waals surface area contributed by atoms with E-state index < -0.39 is 0 Å². The molecule has 0 radical (unpaired) electrons. The van der Waals surface area contributed by atoms with Gasteiger partial charge in [-0.25, -0.2) is 9.37 Å². The number of hydrogen-bond acceptors (Lipinski definition) is 5. The van der Waals surface area contributed by atoms with E-state index in [9.17, 15) is 0 Å². The first-order valence-electron chi connectivity index (χ1n) is 12.7. The van der Waals surface area contributed by atoms with E-state index in [0.717, 1.165) is 92.4 Å². The van der Waals surface area contributed by atoms with Gasteiger partial charge in [-0.05, 0) is 88.8 Å². The van der Waals surface area contributed by atoms with Crippen LogP contribution in [0.25, 0.3) is 16.6 Å². The van der Waals surface area contributed by atoms with Gasteiger partial charge in [0.15, 0.2) is 5.82 Å². The number of benzene rings is 1. The van der Waals surface area contributed by atoms with Gasteiger partial charge in [0.2, 0.25) is 0 Å². The molecule has 0 N–H and O–H groups in total. The number of piperidine rings is 1. The first kappa shape index (κ1) is 24.1. The van der Waals surface area contributed by atoms with Gasteiger partial charge in [0.05, 0.1) is 5.52 Å². The van der Waals surface area contributed by atoms with E-state index in [1.807, 2.05) is 20.0 Å². The van der Waals surface area contributed by atoms with Crippen LogP contribution < -0.4 is 0 Å². The van der Waals surface area contributed by atoms with Crippen molar-refractivity contribution in [1.29, 1.82) is 0 Å². The van der Waals surface area contributed by atoms with Crippen LogP contribution in [0.3, 0.4) is 0 Å². The number of aromatic nitrogens is 3. The second-order valence-electron chi connectivity index (χ2n) is 10.4. The van der Waals surface area contributed by atoms with E-state index in [-0.39, 0.29) is 5.82 Å². The summed E-state index contributed by atoms with van der Waals surface area (Å²) < 4.78 is 17.6. The standard InChI is InChI=1S/C28H37FN6/c1-19(25-14-22(17-30-20(25)2)18-34-12-10-33(5)11-13-34)23-15-26(29)28-27(16-23)35(21(3)31-28)24-6-8-32(4)9-7-24/h14-17,24H,1,6-13,18H2,2-5H3. The summed E-state index contributed by atoms with van der Waals surface area (Å²) in [5.74, 6) is 0.593. The van der Waals surface area contributed by atoms with Crippen LogP contribution in [0.2, 0.25) is 0 Å². The van der Waals surface area contributed by atoms with Gasteiger partial charge in [0, 0.05) is 56.2 Å². The van der Waals surface area contributed by atoms with Crippen molar-refractivity contribution in [3.8, 4) is 0 Å². The minimum absolute atomic E-state index is 0.285. The second kappa shape index (κ2) is 9.80. The Kier molecular flexibility index (Phi) is 6.75. The molecule has 6 nitrogen and oxygen atoms in total. The lowest BCUT2D eigenvalue weighted by Gasteiger charge is -2.32. The van der Waals surface area contributed by atoms with Crippen LogP contribution in [-0.2, 0) is 6.54 Å². The fourth-order valence-corrected chi connectivity index (χ4v) is 5.55. The third kappa shape index (κ3) is 4.90. The first-order chi connectivity index (χ1) is 16.8. The lowest BCUT2D eigenvalue weighted by molar-refractivity contribution is 0.148. The molecular weight excluding hydrogens is 439 g/mol. The average molecular weight is 477 g/mol. The number of rotatable bonds is 5. The van der Waals surface area contributed by atoms with E-state index in [4.69, 9.17) is 0 Å². The fraction of sp³-hybridized carbons (Fsp3) is 0.500. The van der Waals surface area contributed by atoms with E-state index in [2.05, 4.69) is 62.0 Å². The third-order valence-electron chi connectivity index (χ3n) is 7.80. The SMILES string of the molecule is C=C(c1cc(F)c2nc(C)n(C3CCN(C)CC3)c2c1)c1cc(CN2CCN(C)CC2)cnc1C. The van der Waals surface area contributed by atoms with Crippen LogP contribution in [0.4, 0.5) is 4.39 Å². The Balaban J connectivity index is 1.46. The van der Waals surface area contributed by atoms with Gasteiger partial charge in [-0.1, -0.05) is 6.58 Å². The Labute approximate surface area is 208 Å². The maximum Gasteiger partial charge on any atom is 0.151 e. The Morgan fingerprint density at radius 2 is 1.69 bits per heavy atom. The third-order valence-corrected chi connectivity index (χ3v) is 7.80. The maximum atomic E-state index is 15.3. The molecule has 0 unspecified atom stereocenters. The lowest BCUT2D eigenvalue weighted by atomic mass is 9.96. The largest absolute Gasteiger partial charge is 0.325 e. The van der Waals surface area contributed by atoms with Crippen LogP contribution in [0.15, 0.2) is 31.0 Å². The summed E-state index contributed by atoms with van der Waals surface area (Å²) in [6.07, 6.45) is 4.06. The number of likely N-dealkylation sites (tertiary alicyclic amines) is 1. The summed E-state index contributed by atoms with van der Waals surface area (Å²) in [6, 6.07) is 6.19. The minimum Gasteiger partial charge on any atom is -0.325 e. The average Bonchev–Trinajstić information content (AvgIpc) is 3.18. The molecule has 7 heteroatoms. The zero-order valence-corrected chi connectivity index (χ0v) is 21.5. The highest BCUT2D eigenvalue weighted by molar-refractivity contribution is 5.87. The molecule has 3 aromatic rings. The number of nitrogens with zero attached hydrogens (tertiary/aromatic N) is 6. The number of fused-ring (bicyclic) bond motifs is 1. The Morgan fingerprint density at radius 1 is 1.00 bits per heavy atom. The summed E-state index contributed by atoms with van der Waals surface area (Å²) in [5.41, 5.74) is 6.00. The van der Waals surface area contributed by atoms with Gasteiger partial charge in [-0.2, -0.15) is 0 Å². The molecular formula is C28H37FN6. The first-order valence-corrected chi connectivity index (χ1v) is 12.7. The molecule has 0 spiro atoms. The van der Waals surface area contributed by atoms with Crippen molar-refractivity contribution in [3.05, 3.63) is 65.0 Å². The van der Waals surface area contributed by atoms with Crippen LogP contribution in [0, 0.1) is 19.7 Å². The lowest BCUT2D eigenvalue weighted by Crippen LogP contribution is -2.43. The van der Waals surface area contributed by atoms with Crippen molar-refractivity contribution in [2.45, 2.75) is 39.3 Å². The number of likely N-dealkylation sites (N-methyl/N-ethyl adjacent to an activating group) is 1. The van der Waals surface area contributed by atoms with Crippen molar-refractivity contribution >= 4 is 16.6 Å². The molecule has 0 amide bonds. The van der Waals surface area contributed by atoms with E-state index in [1.165, 1.54) is 5.56 Å². The van der Waals surface area contributed by atoms with Crippen molar-refractivity contribution in [2.75, 3.05) is 53.4 Å². The van der Waals surface area contributed by atoms with Crippen LogP contribution in [0.1, 0.15) is 47.1 Å². The molecule has 2 saturated heterocycles. The Hall–Kier alpha value is -2.61. The molecule has 2 fully saturated rings. The number of piperazine rings is 1. The van der Waals surface area contributed by atoms with Crippen molar-refractivity contribution < 1.29 is 4.39 Å². The second-order valence-corrected chi connectivity index (χ2v) is 10.4. The highest BCUT2D eigenvalue weighted by Crippen LogP contribution is 2.33. The van der Waals surface area contributed by atoms with E-state index in [1.54, 1.807) is 6.07 Å². The van der Waals surface area contributed by atoms with Crippen molar-refractivity contribution in [3.63, 3.8) is 0 Å². The summed E-state index contributed by atoms with van der Waals surface area (Å²) in [4.78, 5) is 16.5. The fourth-order valence-electron chi connectivity index (χ4n) is 5.55. The molecule has 0 saturated carbocycles. The summed E-state index contributed by atoms with van der Waals surface area (Å²) >= 11 is 0. The monoisotopic (exact) mass is 476 g/mol. The Bertz CT molecular complexity index is 1230. The normalized spacial score (nSPS) is 19.0. The highest BCUT2D eigenvalue weighted by atomic mass is 19.1. The van der Waals surface area contributed by atoms with Gasteiger partial charge in [0.1, 0.15) is 11.3 Å². The summed E-state index contributed by atoms with van der Waals surface area (Å²) in [7, 11) is 4.33. The zero-order chi connectivity index (χ0) is 24.7. The molecule has 2 aliphatic rings. The predicted octanol–water partition coefficient (Wildman–Crippen LogP) is 4.26. The van der Waals surface area contributed by atoms with Gasteiger partial charge in [-0.15, -0.1) is 0 Å². The van der Waals surface area contributed by atoms with Gasteiger partial charge in [0.25, 0.3) is 0 Å². The molecule has 0 aliphatic carbocycles. The molecule has 2 aromatic heterocycles. The molecule has 0 bridgehead atoms. The van der Waals surface area contributed by atoms with Crippen molar-refractivity contribution in [1.82, 2.24) is 29.2 Å². The minimum atomic E-state index is -0.285. The summed E-state index contributed by atoms with van der Waals surface area (Å²) in [5, 5.41) is 0. The molecule has 5 rings (SSSR count). The predicted molar refractivity (Wildman–Crippen MR) is 140 cm³/mol. The smallest absolute Gasteiger partial charge is 0.151 e. The van der Waals surface area contributed by atoms with Crippen LogP contribution in [0.5, 0.6) is 0 Å². The molecule has 0 atom stereocenters. The number of hydrogen-bond donors (Lipinski definition) is 0. The zero-order valence-electron chi connectivity index (χ0n) is 21.5. The molecule has 4 heterocycles. The summed E-state index contributed by atoms with van der Waals surface area (Å²) in [6.45, 7) is 15.6. The number of aryl methyl sites for hydroxylation is 2. The van der Waals surface area contributed by atoms with E-state index >= 15 is 4.39 Å². The maximum absolute atomic E-state index is 15.3. The Morgan fingerprint density at radius 3 is 2.40 bits per heavy atom. The van der Waals surface area contributed by atoms with Gasteiger partial charge < -0.3 is 14.4 Å². The van der Waals surface area contributed by atoms with Crippen LogP contribution >= 0.6 is 0 Å². The van der Waals surface area contributed by atoms with Gasteiger partial charge >= 0.3 is 0 Å². The van der Waals surface area contributed by atoms with Crippen molar-refractivity contribution in [2.24, 2.45) is 0 Å². The van der Waals surface area contributed by atoms with Crippen LogP contribution in [-0.4, -0.2) is 82.6 Å². The number of halogens is 1. The van der Waals surface area contributed by atoms with Gasteiger partial charge in [-0.3, -0.25) is 9.88 Å². The highest BCUT2D eigenvalue weighted by Gasteiger charge is 2.24. The topological polar surface area (TPSA) is 40.4 Å². The molecule has 2 aliphatic heterocycles. The number of pyridine rings is 1.